The molecule has 4 atom stereocenters. The number of halogens is 1. The van der Waals surface area contributed by atoms with Crippen LogP contribution in [0.3, 0.4) is 0 Å². The standard InChI is InChI=1S/C15H14FN2O7P/c16-10-7-18(15(20)17-14(10)19)13-6-11-12(23-13)8-22-26(21,25-11)24-9-4-2-1-3-5-9/h1-5,7,11-13H,6,8H2,(H,17,19,20)/t11-,12+,13+,26-/m0/s1. The van der Waals surface area contributed by atoms with Crippen molar-refractivity contribution >= 4 is 7.82 Å². The second kappa shape index (κ2) is 6.48. The number of phosphoric ester groups is 1. The lowest BCUT2D eigenvalue weighted by Crippen LogP contribution is -2.34. The quantitative estimate of drug-likeness (QED) is 0.800. The number of phosphoric acid groups is 1. The second-order valence-corrected chi connectivity index (χ2v) is 7.35. The fourth-order valence-corrected chi connectivity index (χ4v) is 4.25. The highest BCUT2D eigenvalue weighted by Gasteiger charge is 2.48. The Labute approximate surface area is 145 Å². The van der Waals surface area contributed by atoms with Crippen LogP contribution >= 0.6 is 7.82 Å². The number of ether oxygens (including phenoxy) is 1. The van der Waals surface area contributed by atoms with Crippen LogP contribution in [0.4, 0.5) is 4.39 Å². The molecule has 9 nitrogen and oxygen atoms in total. The first-order valence-electron chi connectivity index (χ1n) is 7.77. The monoisotopic (exact) mass is 384 g/mol. The van der Waals surface area contributed by atoms with Gasteiger partial charge in [0.1, 0.15) is 24.2 Å². The lowest BCUT2D eigenvalue weighted by molar-refractivity contribution is -0.0668. The first kappa shape index (κ1) is 17.2. The molecule has 0 saturated carbocycles. The molecule has 0 bridgehead atoms. The number of hydrogen-bond acceptors (Lipinski definition) is 7. The third kappa shape index (κ3) is 3.24. The fourth-order valence-electron chi connectivity index (χ4n) is 2.83. The maximum absolute atomic E-state index is 13.5. The molecule has 1 aromatic carbocycles. The minimum absolute atomic E-state index is 0.0775. The summed E-state index contributed by atoms with van der Waals surface area (Å²) >= 11 is 0. The van der Waals surface area contributed by atoms with E-state index in [9.17, 15) is 18.5 Å². The SMILES string of the molecule is O=c1[nH]c(=O)n([C@H]2C[C@@H]3O[P@](=O)(Oc4ccccc4)OC[C@H]3O2)cc1F. The second-order valence-electron chi connectivity index (χ2n) is 5.80. The molecular weight excluding hydrogens is 370 g/mol. The smallest absolute Gasteiger partial charge is 0.404 e. The molecule has 138 valence electrons. The van der Waals surface area contributed by atoms with Crippen molar-refractivity contribution in [2.45, 2.75) is 24.9 Å². The number of para-hydroxylation sites is 1. The van der Waals surface area contributed by atoms with Crippen LogP contribution < -0.4 is 15.8 Å². The topological polar surface area (TPSA) is 109 Å². The summed E-state index contributed by atoms with van der Waals surface area (Å²) in [4.78, 5) is 24.9. The number of aromatic nitrogens is 2. The van der Waals surface area contributed by atoms with E-state index in [-0.39, 0.29) is 13.0 Å². The Morgan fingerprint density at radius 1 is 1.23 bits per heavy atom. The number of benzene rings is 1. The van der Waals surface area contributed by atoms with Crippen molar-refractivity contribution in [1.82, 2.24) is 9.55 Å². The normalized spacial score (nSPS) is 30.7. The maximum atomic E-state index is 13.5. The van der Waals surface area contributed by atoms with E-state index in [0.717, 1.165) is 10.8 Å². The van der Waals surface area contributed by atoms with Gasteiger partial charge in [0.15, 0.2) is 0 Å². The zero-order chi connectivity index (χ0) is 18.3. The Morgan fingerprint density at radius 3 is 2.77 bits per heavy atom. The summed E-state index contributed by atoms with van der Waals surface area (Å²) in [5.74, 6) is -0.790. The Morgan fingerprint density at radius 2 is 2.00 bits per heavy atom. The number of fused-ring (bicyclic) bond motifs is 1. The van der Waals surface area contributed by atoms with Crippen molar-refractivity contribution in [3.05, 3.63) is 63.2 Å². The minimum Gasteiger partial charge on any atom is -0.404 e. The molecule has 2 aliphatic heterocycles. The Kier molecular flexibility index (Phi) is 4.28. The molecule has 2 fully saturated rings. The molecule has 2 aromatic rings. The molecular formula is C15H14FN2O7P. The Bertz CT molecular complexity index is 976. The fraction of sp³-hybridized carbons (Fsp3) is 0.333. The average molecular weight is 384 g/mol. The van der Waals surface area contributed by atoms with Crippen molar-refractivity contribution in [3.63, 3.8) is 0 Å². The Balaban J connectivity index is 1.51. The zero-order valence-corrected chi connectivity index (χ0v) is 14.1. The van der Waals surface area contributed by atoms with Gasteiger partial charge in [0.05, 0.1) is 12.8 Å². The van der Waals surface area contributed by atoms with Crippen molar-refractivity contribution in [3.8, 4) is 5.75 Å². The molecule has 0 aliphatic carbocycles. The van der Waals surface area contributed by atoms with Crippen LogP contribution in [0.5, 0.6) is 5.75 Å². The Hall–Kier alpha value is -2.26. The third-order valence-corrected chi connectivity index (χ3v) is 5.47. The largest absolute Gasteiger partial charge is 0.530 e. The molecule has 0 radical (unpaired) electrons. The van der Waals surface area contributed by atoms with E-state index >= 15 is 0 Å². The lowest BCUT2D eigenvalue weighted by Gasteiger charge is -2.29. The number of H-pyrrole nitrogens is 1. The zero-order valence-electron chi connectivity index (χ0n) is 13.2. The molecule has 3 heterocycles. The van der Waals surface area contributed by atoms with Crippen LogP contribution in [0.2, 0.25) is 0 Å². The average Bonchev–Trinajstić information content (AvgIpc) is 3.01. The maximum Gasteiger partial charge on any atom is 0.530 e. The van der Waals surface area contributed by atoms with Gasteiger partial charge < -0.3 is 9.26 Å². The predicted octanol–water partition coefficient (Wildman–Crippen LogP) is 1.57. The molecule has 26 heavy (non-hydrogen) atoms. The number of rotatable bonds is 3. The van der Waals surface area contributed by atoms with Gasteiger partial charge in [-0.3, -0.25) is 23.4 Å². The highest BCUT2D eigenvalue weighted by Crippen LogP contribution is 2.56. The van der Waals surface area contributed by atoms with Gasteiger partial charge in [-0.2, -0.15) is 4.39 Å². The summed E-state index contributed by atoms with van der Waals surface area (Å²) in [6.45, 7) is -0.0775. The molecule has 0 amide bonds. The summed E-state index contributed by atoms with van der Waals surface area (Å²) in [6, 6.07) is 8.40. The highest BCUT2D eigenvalue weighted by molar-refractivity contribution is 7.49. The van der Waals surface area contributed by atoms with E-state index in [1.807, 2.05) is 4.98 Å². The molecule has 0 unspecified atom stereocenters. The summed E-state index contributed by atoms with van der Waals surface area (Å²) in [5.41, 5.74) is -1.92. The number of hydrogen-bond donors (Lipinski definition) is 1. The van der Waals surface area contributed by atoms with Crippen molar-refractivity contribution < 1.29 is 27.3 Å². The van der Waals surface area contributed by atoms with Crippen molar-refractivity contribution in [1.29, 1.82) is 0 Å². The lowest BCUT2D eigenvalue weighted by atomic mass is 10.2. The van der Waals surface area contributed by atoms with Crippen LogP contribution in [-0.2, 0) is 18.3 Å². The summed E-state index contributed by atoms with van der Waals surface area (Å²) < 4.78 is 48.7. The van der Waals surface area contributed by atoms with Crippen molar-refractivity contribution in [2.24, 2.45) is 0 Å². The highest BCUT2D eigenvalue weighted by atomic mass is 31.2. The van der Waals surface area contributed by atoms with Crippen LogP contribution in [0.15, 0.2) is 46.1 Å². The van der Waals surface area contributed by atoms with E-state index in [4.69, 9.17) is 18.3 Å². The van der Waals surface area contributed by atoms with Gasteiger partial charge in [-0.25, -0.2) is 9.36 Å². The van der Waals surface area contributed by atoms with Crippen LogP contribution in [-0.4, -0.2) is 28.4 Å². The number of nitrogens with zero attached hydrogens (tertiary/aromatic N) is 1. The predicted molar refractivity (Wildman–Crippen MR) is 85.3 cm³/mol. The third-order valence-electron chi connectivity index (χ3n) is 4.04. The van der Waals surface area contributed by atoms with E-state index in [2.05, 4.69) is 0 Å². The van der Waals surface area contributed by atoms with Crippen LogP contribution in [0, 0.1) is 5.82 Å². The van der Waals surface area contributed by atoms with Crippen molar-refractivity contribution in [2.75, 3.05) is 6.61 Å². The molecule has 1 aromatic heterocycles. The summed E-state index contributed by atoms with van der Waals surface area (Å²) in [6.07, 6.45) is -1.30. The van der Waals surface area contributed by atoms with Gasteiger partial charge in [-0.05, 0) is 12.1 Å². The van der Waals surface area contributed by atoms with Gasteiger partial charge in [-0.15, -0.1) is 0 Å². The van der Waals surface area contributed by atoms with E-state index in [0.29, 0.717) is 5.75 Å². The van der Waals surface area contributed by atoms with Crippen LogP contribution in [0.1, 0.15) is 12.6 Å². The van der Waals surface area contributed by atoms with Gasteiger partial charge >= 0.3 is 13.5 Å². The minimum atomic E-state index is -3.85. The van der Waals surface area contributed by atoms with Gasteiger partial charge in [0.25, 0.3) is 5.56 Å². The van der Waals surface area contributed by atoms with Gasteiger partial charge in [0, 0.05) is 6.42 Å². The molecule has 11 heteroatoms. The number of aromatic amines is 1. The van der Waals surface area contributed by atoms with Crippen LogP contribution in [0.25, 0.3) is 0 Å². The summed E-state index contributed by atoms with van der Waals surface area (Å²) in [5, 5.41) is 0. The van der Waals surface area contributed by atoms with E-state index < -0.39 is 43.3 Å². The van der Waals surface area contributed by atoms with Gasteiger partial charge in [0.2, 0.25) is 5.82 Å². The molecule has 4 rings (SSSR count). The van der Waals surface area contributed by atoms with E-state index in [1.165, 1.54) is 0 Å². The van der Waals surface area contributed by atoms with Gasteiger partial charge in [-0.1, -0.05) is 18.2 Å². The molecule has 1 N–H and O–H groups in total. The van der Waals surface area contributed by atoms with E-state index in [1.54, 1.807) is 30.3 Å². The molecule has 2 saturated heterocycles. The first-order chi connectivity index (χ1) is 12.4. The summed E-state index contributed by atoms with van der Waals surface area (Å²) in [7, 11) is -3.85. The first-order valence-corrected chi connectivity index (χ1v) is 9.24. The molecule has 2 aliphatic rings. The number of nitrogens with one attached hydrogen (secondary N) is 1. The molecule has 0 spiro atoms.